The number of hydrogen-bond donors (Lipinski definition) is 0. The zero-order chi connectivity index (χ0) is 10.4. The summed E-state index contributed by atoms with van der Waals surface area (Å²) in [5.74, 6) is 0. The van der Waals surface area contributed by atoms with Gasteiger partial charge in [0.25, 0.3) is 0 Å². The SMILES string of the molecule is CC(C)(C=O)CCCCN1CCCC1. The van der Waals surface area contributed by atoms with Crippen LogP contribution in [0.3, 0.4) is 0 Å². The largest absolute Gasteiger partial charge is 0.303 e. The third-order valence-electron chi connectivity index (χ3n) is 3.06. The molecule has 0 aliphatic carbocycles. The highest BCUT2D eigenvalue weighted by Crippen LogP contribution is 2.20. The van der Waals surface area contributed by atoms with Gasteiger partial charge in [-0.1, -0.05) is 20.3 Å². The van der Waals surface area contributed by atoms with E-state index in [4.69, 9.17) is 0 Å². The van der Waals surface area contributed by atoms with Crippen LogP contribution >= 0.6 is 0 Å². The molecule has 0 bridgehead atoms. The number of aldehydes is 1. The third-order valence-corrected chi connectivity index (χ3v) is 3.06. The smallest absolute Gasteiger partial charge is 0.125 e. The first-order chi connectivity index (χ1) is 6.64. The van der Waals surface area contributed by atoms with Crippen molar-refractivity contribution in [2.75, 3.05) is 19.6 Å². The van der Waals surface area contributed by atoms with Crippen molar-refractivity contribution >= 4 is 6.29 Å². The highest BCUT2D eigenvalue weighted by atomic mass is 16.1. The summed E-state index contributed by atoms with van der Waals surface area (Å²) < 4.78 is 0. The molecule has 0 amide bonds. The van der Waals surface area contributed by atoms with Gasteiger partial charge in [-0.05, 0) is 45.3 Å². The Kier molecular flexibility index (Phi) is 4.59. The fraction of sp³-hybridized carbons (Fsp3) is 0.917. The normalized spacial score (nSPS) is 18.7. The van der Waals surface area contributed by atoms with Gasteiger partial charge in [0.05, 0.1) is 0 Å². The Morgan fingerprint density at radius 3 is 2.43 bits per heavy atom. The van der Waals surface area contributed by atoms with Gasteiger partial charge in [0.2, 0.25) is 0 Å². The van der Waals surface area contributed by atoms with Crippen molar-refractivity contribution in [2.24, 2.45) is 5.41 Å². The summed E-state index contributed by atoms with van der Waals surface area (Å²) >= 11 is 0. The van der Waals surface area contributed by atoms with Crippen molar-refractivity contribution < 1.29 is 4.79 Å². The quantitative estimate of drug-likeness (QED) is 0.481. The maximum absolute atomic E-state index is 10.7. The molecule has 1 aliphatic heterocycles. The molecule has 0 radical (unpaired) electrons. The van der Waals surface area contributed by atoms with Crippen molar-refractivity contribution in [3.05, 3.63) is 0 Å². The fourth-order valence-corrected chi connectivity index (χ4v) is 1.98. The average Bonchev–Trinajstić information content (AvgIpc) is 2.65. The van der Waals surface area contributed by atoms with Crippen LogP contribution in [-0.2, 0) is 4.79 Å². The summed E-state index contributed by atoms with van der Waals surface area (Å²) in [5, 5.41) is 0. The lowest BCUT2D eigenvalue weighted by molar-refractivity contribution is -0.115. The van der Waals surface area contributed by atoms with E-state index in [9.17, 15) is 4.79 Å². The number of carbonyl (C=O) groups is 1. The molecule has 14 heavy (non-hydrogen) atoms. The minimum Gasteiger partial charge on any atom is -0.303 e. The van der Waals surface area contributed by atoms with Gasteiger partial charge in [-0.15, -0.1) is 0 Å². The Bertz CT molecular complexity index is 171. The van der Waals surface area contributed by atoms with Gasteiger partial charge in [-0.25, -0.2) is 0 Å². The molecule has 1 fully saturated rings. The van der Waals surface area contributed by atoms with Crippen LogP contribution in [0, 0.1) is 5.41 Å². The van der Waals surface area contributed by atoms with Crippen LogP contribution in [0.2, 0.25) is 0 Å². The first-order valence-corrected chi connectivity index (χ1v) is 5.83. The van der Waals surface area contributed by atoms with Crippen molar-refractivity contribution in [3.63, 3.8) is 0 Å². The first kappa shape index (κ1) is 11.7. The molecular weight excluding hydrogens is 174 g/mol. The minimum atomic E-state index is -0.106. The maximum Gasteiger partial charge on any atom is 0.125 e. The molecule has 2 nitrogen and oxygen atoms in total. The Morgan fingerprint density at radius 1 is 1.21 bits per heavy atom. The number of nitrogens with zero attached hydrogens (tertiary/aromatic N) is 1. The van der Waals surface area contributed by atoms with Crippen LogP contribution in [-0.4, -0.2) is 30.8 Å². The lowest BCUT2D eigenvalue weighted by Crippen LogP contribution is -2.21. The van der Waals surface area contributed by atoms with Gasteiger partial charge in [-0.3, -0.25) is 0 Å². The highest BCUT2D eigenvalue weighted by Gasteiger charge is 2.16. The Morgan fingerprint density at radius 2 is 1.86 bits per heavy atom. The molecule has 1 heterocycles. The number of likely N-dealkylation sites (tertiary alicyclic amines) is 1. The van der Waals surface area contributed by atoms with Crippen LogP contribution in [0.5, 0.6) is 0 Å². The molecule has 0 N–H and O–H groups in total. The Balaban J connectivity index is 2.01. The molecule has 82 valence electrons. The minimum absolute atomic E-state index is 0.106. The summed E-state index contributed by atoms with van der Waals surface area (Å²) in [6.07, 6.45) is 7.30. The van der Waals surface area contributed by atoms with Crippen molar-refractivity contribution in [3.8, 4) is 0 Å². The Hall–Kier alpha value is -0.370. The molecule has 1 rings (SSSR count). The summed E-state index contributed by atoms with van der Waals surface area (Å²) in [6.45, 7) is 7.86. The predicted octanol–water partition coefficient (Wildman–Crippen LogP) is 2.48. The first-order valence-electron chi connectivity index (χ1n) is 5.83. The van der Waals surface area contributed by atoms with Crippen molar-refractivity contribution in [1.29, 1.82) is 0 Å². The molecule has 0 unspecified atom stereocenters. The van der Waals surface area contributed by atoms with Crippen molar-refractivity contribution in [2.45, 2.75) is 46.0 Å². The van der Waals surface area contributed by atoms with E-state index in [1.807, 2.05) is 13.8 Å². The van der Waals surface area contributed by atoms with E-state index in [1.54, 1.807) is 0 Å². The van der Waals surface area contributed by atoms with E-state index >= 15 is 0 Å². The van der Waals surface area contributed by atoms with Crippen LogP contribution in [0.4, 0.5) is 0 Å². The molecule has 0 aromatic rings. The Labute approximate surface area is 87.7 Å². The van der Waals surface area contributed by atoms with E-state index in [2.05, 4.69) is 4.90 Å². The van der Waals surface area contributed by atoms with E-state index in [1.165, 1.54) is 45.3 Å². The van der Waals surface area contributed by atoms with E-state index in [0.29, 0.717) is 0 Å². The van der Waals surface area contributed by atoms with Crippen LogP contribution < -0.4 is 0 Å². The predicted molar refractivity (Wildman–Crippen MR) is 59.4 cm³/mol. The number of rotatable bonds is 6. The average molecular weight is 197 g/mol. The summed E-state index contributed by atoms with van der Waals surface area (Å²) in [7, 11) is 0. The van der Waals surface area contributed by atoms with Crippen LogP contribution in [0.15, 0.2) is 0 Å². The van der Waals surface area contributed by atoms with Crippen LogP contribution in [0.25, 0.3) is 0 Å². The summed E-state index contributed by atoms with van der Waals surface area (Å²) in [5.41, 5.74) is -0.106. The van der Waals surface area contributed by atoms with E-state index < -0.39 is 0 Å². The molecule has 0 saturated carbocycles. The highest BCUT2D eigenvalue weighted by molar-refractivity contribution is 5.57. The lowest BCUT2D eigenvalue weighted by Gasteiger charge is -2.18. The zero-order valence-corrected chi connectivity index (χ0v) is 9.59. The third kappa shape index (κ3) is 4.23. The summed E-state index contributed by atoms with van der Waals surface area (Å²) in [4.78, 5) is 13.2. The maximum atomic E-state index is 10.7. The molecule has 1 saturated heterocycles. The monoisotopic (exact) mass is 197 g/mol. The van der Waals surface area contributed by atoms with Gasteiger partial charge in [0, 0.05) is 5.41 Å². The molecule has 1 aliphatic rings. The molecule has 0 aromatic heterocycles. The lowest BCUT2D eigenvalue weighted by atomic mass is 9.89. The molecule has 0 aromatic carbocycles. The van der Waals surface area contributed by atoms with E-state index in [0.717, 1.165) is 12.7 Å². The van der Waals surface area contributed by atoms with Crippen molar-refractivity contribution in [1.82, 2.24) is 4.90 Å². The zero-order valence-electron chi connectivity index (χ0n) is 9.59. The number of hydrogen-bond acceptors (Lipinski definition) is 2. The number of unbranched alkanes of at least 4 members (excludes halogenated alkanes) is 1. The van der Waals surface area contributed by atoms with Gasteiger partial charge < -0.3 is 9.69 Å². The molecule has 0 atom stereocenters. The molecular formula is C12H23NO. The second kappa shape index (κ2) is 5.50. The number of carbonyl (C=O) groups excluding carboxylic acids is 1. The fourth-order valence-electron chi connectivity index (χ4n) is 1.98. The standard InChI is InChI=1S/C12H23NO/c1-12(2,11-14)7-3-4-8-13-9-5-6-10-13/h11H,3-10H2,1-2H3. The van der Waals surface area contributed by atoms with Crippen LogP contribution in [0.1, 0.15) is 46.0 Å². The van der Waals surface area contributed by atoms with E-state index in [-0.39, 0.29) is 5.41 Å². The molecule has 0 spiro atoms. The van der Waals surface area contributed by atoms with Gasteiger partial charge in [0.1, 0.15) is 6.29 Å². The van der Waals surface area contributed by atoms with Gasteiger partial charge in [0.15, 0.2) is 0 Å². The second-order valence-electron chi connectivity index (χ2n) is 5.11. The second-order valence-corrected chi connectivity index (χ2v) is 5.11. The van der Waals surface area contributed by atoms with Gasteiger partial charge in [-0.2, -0.15) is 0 Å². The summed E-state index contributed by atoms with van der Waals surface area (Å²) in [6, 6.07) is 0. The van der Waals surface area contributed by atoms with Gasteiger partial charge >= 0.3 is 0 Å². The molecule has 2 heteroatoms. The topological polar surface area (TPSA) is 20.3 Å².